The maximum Gasteiger partial charge on any atom is 0.117 e. The molecule has 0 aliphatic carbocycles. The van der Waals surface area contributed by atoms with E-state index in [1.165, 1.54) is 0 Å². The van der Waals surface area contributed by atoms with Gasteiger partial charge in [0.05, 0.1) is 0 Å². The third-order valence-corrected chi connectivity index (χ3v) is 2.70. The SMILES string of the molecule is CCCCN(F)CCC1NCCC1F. The molecule has 1 saturated heterocycles. The first-order valence-electron chi connectivity index (χ1n) is 5.52. The third-order valence-electron chi connectivity index (χ3n) is 2.70. The highest BCUT2D eigenvalue weighted by atomic mass is 19.2. The molecule has 0 amide bonds. The van der Waals surface area contributed by atoms with Gasteiger partial charge in [0.25, 0.3) is 0 Å². The van der Waals surface area contributed by atoms with E-state index in [0.29, 0.717) is 25.9 Å². The zero-order valence-corrected chi connectivity index (χ0v) is 8.81. The highest BCUT2D eigenvalue weighted by molar-refractivity contribution is 4.83. The lowest BCUT2D eigenvalue weighted by Gasteiger charge is -2.16. The first kappa shape index (κ1) is 11.9. The third kappa shape index (κ3) is 3.88. The molecular formula is C10H20F2N2. The quantitative estimate of drug-likeness (QED) is 0.669. The summed E-state index contributed by atoms with van der Waals surface area (Å²) in [6, 6.07) is -0.130. The minimum atomic E-state index is -0.783. The van der Waals surface area contributed by atoms with E-state index >= 15 is 0 Å². The van der Waals surface area contributed by atoms with Crippen LogP contribution in [-0.2, 0) is 0 Å². The first-order chi connectivity index (χ1) is 6.74. The lowest BCUT2D eigenvalue weighted by atomic mass is 10.1. The van der Waals surface area contributed by atoms with E-state index < -0.39 is 6.17 Å². The Balaban J connectivity index is 2.07. The molecule has 1 aliphatic rings. The number of rotatable bonds is 6. The van der Waals surface area contributed by atoms with Gasteiger partial charge in [-0.05, 0) is 25.8 Å². The second kappa shape index (κ2) is 6.30. The smallest absolute Gasteiger partial charge is 0.117 e. The number of halogens is 2. The van der Waals surface area contributed by atoms with Gasteiger partial charge >= 0.3 is 0 Å². The summed E-state index contributed by atoms with van der Waals surface area (Å²) in [5, 5.41) is 3.85. The molecule has 2 unspecified atom stereocenters. The maximum absolute atomic E-state index is 13.1. The van der Waals surface area contributed by atoms with Gasteiger partial charge in [-0.2, -0.15) is 0 Å². The van der Waals surface area contributed by atoms with Crippen LogP contribution in [0.25, 0.3) is 0 Å². The van der Waals surface area contributed by atoms with Crippen LogP contribution in [0.2, 0.25) is 0 Å². The fourth-order valence-electron chi connectivity index (χ4n) is 1.74. The average molecular weight is 206 g/mol. The summed E-state index contributed by atoms with van der Waals surface area (Å²) in [5.41, 5.74) is 0. The predicted molar refractivity (Wildman–Crippen MR) is 53.5 cm³/mol. The van der Waals surface area contributed by atoms with Crippen LogP contribution in [0.5, 0.6) is 0 Å². The summed E-state index contributed by atoms with van der Waals surface area (Å²) in [7, 11) is 0. The Morgan fingerprint density at radius 3 is 2.79 bits per heavy atom. The molecule has 14 heavy (non-hydrogen) atoms. The van der Waals surface area contributed by atoms with Crippen LogP contribution in [0.1, 0.15) is 32.6 Å². The molecule has 0 spiro atoms. The number of hydrogen-bond donors (Lipinski definition) is 1. The zero-order valence-electron chi connectivity index (χ0n) is 8.81. The van der Waals surface area contributed by atoms with Gasteiger partial charge in [-0.3, -0.25) is 0 Å². The van der Waals surface area contributed by atoms with Crippen LogP contribution in [-0.4, -0.2) is 37.0 Å². The van der Waals surface area contributed by atoms with E-state index in [2.05, 4.69) is 5.32 Å². The van der Waals surface area contributed by atoms with Gasteiger partial charge in [0.1, 0.15) is 6.17 Å². The van der Waals surface area contributed by atoms with Crippen molar-refractivity contribution in [3.8, 4) is 0 Å². The fourth-order valence-corrected chi connectivity index (χ4v) is 1.74. The Morgan fingerprint density at radius 2 is 2.21 bits per heavy atom. The van der Waals surface area contributed by atoms with Crippen molar-refractivity contribution in [1.82, 2.24) is 10.4 Å². The van der Waals surface area contributed by atoms with Crippen LogP contribution in [0.15, 0.2) is 0 Å². The molecule has 2 nitrogen and oxygen atoms in total. The topological polar surface area (TPSA) is 15.3 Å². The minimum Gasteiger partial charge on any atom is -0.311 e. The van der Waals surface area contributed by atoms with Crippen LogP contribution in [0, 0.1) is 0 Å². The van der Waals surface area contributed by atoms with E-state index in [0.717, 1.165) is 24.5 Å². The van der Waals surface area contributed by atoms with Crippen molar-refractivity contribution >= 4 is 0 Å². The van der Waals surface area contributed by atoms with Gasteiger partial charge in [0, 0.05) is 19.1 Å². The molecule has 0 saturated carbocycles. The molecule has 4 heteroatoms. The predicted octanol–water partition coefficient (Wildman–Crippen LogP) is 2.06. The Hall–Kier alpha value is -0.220. The fraction of sp³-hybridized carbons (Fsp3) is 1.00. The van der Waals surface area contributed by atoms with Crippen molar-refractivity contribution in [1.29, 1.82) is 0 Å². The van der Waals surface area contributed by atoms with Crippen LogP contribution in [0.3, 0.4) is 0 Å². The van der Waals surface area contributed by atoms with Crippen molar-refractivity contribution < 1.29 is 8.87 Å². The standard InChI is InChI=1S/C10H20F2N2/c1-2-3-7-14(12)8-5-10-9(11)4-6-13-10/h9-10,13H,2-8H2,1H3. The number of nitrogens with one attached hydrogen (secondary N) is 1. The van der Waals surface area contributed by atoms with Gasteiger partial charge in [0.2, 0.25) is 0 Å². The monoisotopic (exact) mass is 206 g/mol. The van der Waals surface area contributed by atoms with Crippen LogP contribution in [0.4, 0.5) is 8.87 Å². The molecule has 1 heterocycles. The normalized spacial score (nSPS) is 27.4. The first-order valence-corrected chi connectivity index (χ1v) is 5.52. The van der Waals surface area contributed by atoms with Gasteiger partial charge in [-0.15, -0.1) is 9.60 Å². The molecule has 0 aromatic heterocycles. The molecule has 0 bridgehead atoms. The second-order valence-corrected chi connectivity index (χ2v) is 3.92. The number of hydrogen-bond acceptors (Lipinski definition) is 2. The Morgan fingerprint density at radius 1 is 1.43 bits per heavy atom. The van der Waals surface area contributed by atoms with Gasteiger partial charge < -0.3 is 5.32 Å². The Bertz CT molecular complexity index is 155. The van der Waals surface area contributed by atoms with Crippen LogP contribution < -0.4 is 5.32 Å². The molecular weight excluding hydrogens is 186 g/mol. The highest BCUT2D eigenvalue weighted by Crippen LogP contribution is 2.14. The van der Waals surface area contributed by atoms with E-state index in [1.807, 2.05) is 6.92 Å². The lowest BCUT2D eigenvalue weighted by molar-refractivity contribution is 0.0185. The van der Waals surface area contributed by atoms with E-state index in [9.17, 15) is 8.87 Å². The zero-order chi connectivity index (χ0) is 10.4. The number of nitrogens with zero attached hydrogens (tertiary/aromatic N) is 1. The molecule has 1 N–H and O–H groups in total. The van der Waals surface area contributed by atoms with Crippen molar-refractivity contribution in [3.63, 3.8) is 0 Å². The molecule has 1 rings (SSSR count). The van der Waals surface area contributed by atoms with Crippen molar-refractivity contribution in [2.24, 2.45) is 0 Å². The molecule has 0 aromatic carbocycles. The molecule has 84 valence electrons. The van der Waals surface area contributed by atoms with Gasteiger partial charge in [-0.1, -0.05) is 13.3 Å². The van der Waals surface area contributed by atoms with Crippen molar-refractivity contribution in [3.05, 3.63) is 0 Å². The van der Waals surface area contributed by atoms with E-state index in [1.54, 1.807) is 0 Å². The van der Waals surface area contributed by atoms with Crippen molar-refractivity contribution in [2.75, 3.05) is 19.6 Å². The average Bonchev–Trinajstić information content (AvgIpc) is 2.58. The summed E-state index contributed by atoms with van der Waals surface area (Å²) < 4.78 is 26.1. The van der Waals surface area contributed by atoms with Gasteiger partial charge in [0.15, 0.2) is 0 Å². The van der Waals surface area contributed by atoms with Gasteiger partial charge in [-0.25, -0.2) is 4.39 Å². The molecule has 1 fully saturated rings. The Labute approximate surface area is 84.6 Å². The minimum absolute atomic E-state index is 0.130. The summed E-state index contributed by atoms with van der Waals surface area (Å²) >= 11 is 0. The molecule has 1 aliphatic heterocycles. The summed E-state index contributed by atoms with van der Waals surface area (Å²) in [4.78, 5) is 0. The molecule has 2 atom stereocenters. The lowest BCUT2D eigenvalue weighted by Crippen LogP contribution is -2.32. The van der Waals surface area contributed by atoms with Crippen LogP contribution >= 0.6 is 0 Å². The molecule has 0 radical (unpaired) electrons. The van der Waals surface area contributed by atoms with E-state index in [4.69, 9.17) is 0 Å². The maximum atomic E-state index is 13.1. The largest absolute Gasteiger partial charge is 0.311 e. The van der Waals surface area contributed by atoms with E-state index in [-0.39, 0.29) is 6.04 Å². The number of unbranched alkanes of at least 4 members (excludes halogenated alkanes) is 1. The summed E-state index contributed by atoms with van der Waals surface area (Å²) in [5.74, 6) is 0. The summed E-state index contributed by atoms with van der Waals surface area (Å²) in [6.45, 7) is 3.58. The second-order valence-electron chi connectivity index (χ2n) is 3.92. The Kier molecular flexibility index (Phi) is 5.33. The summed E-state index contributed by atoms with van der Waals surface area (Å²) in [6.07, 6.45) is 2.23. The van der Waals surface area contributed by atoms with Crippen molar-refractivity contribution in [2.45, 2.75) is 44.8 Å². The molecule has 0 aromatic rings. The highest BCUT2D eigenvalue weighted by Gasteiger charge is 2.26. The number of alkyl halides is 1.